The third kappa shape index (κ3) is 3.27. The van der Waals surface area contributed by atoms with Gasteiger partial charge in [-0.3, -0.25) is 4.79 Å². The van der Waals surface area contributed by atoms with Crippen molar-refractivity contribution in [2.75, 3.05) is 6.54 Å². The van der Waals surface area contributed by atoms with Gasteiger partial charge < -0.3 is 14.6 Å². The van der Waals surface area contributed by atoms with Gasteiger partial charge in [-0.25, -0.2) is 4.98 Å². The predicted octanol–water partition coefficient (Wildman–Crippen LogP) is 4.35. The van der Waals surface area contributed by atoms with Crippen LogP contribution in [0.1, 0.15) is 31.6 Å². The molecular weight excluding hydrogens is 350 g/mol. The Morgan fingerprint density at radius 1 is 1.27 bits per heavy atom. The maximum atomic E-state index is 12.9. The number of carbonyl (C=O) groups excluding carboxylic acids is 1. The first-order valence-corrected chi connectivity index (χ1v) is 9.17. The molecule has 1 aliphatic heterocycles. The molecule has 0 aliphatic carbocycles. The van der Waals surface area contributed by atoms with Crippen molar-refractivity contribution in [3.8, 4) is 5.75 Å². The molecule has 2 atom stereocenters. The molecule has 26 heavy (non-hydrogen) atoms. The molecule has 1 amide bonds. The van der Waals surface area contributed by atoms with E-state index in [1.165, 1.54) is 0 Å². The molecule has 0 radical (unpaired) electrons. The summed E-state index contributed by atoms with van der Waals surface area (Å²) in [5, 5.41) is 0.640. The number of para-hydroxylation sites is 2. The lowest BCUT2D eigenvalue weighted by atomic mass is 10.2. The van der Waals surface area contributed by atoms with Crippen molar-refractivity contribution < 1.29 is 9.53 Å². The average molecular weight is 370 g/mol. The van der Waals surface area contributed by atoms with Crippen LogP contribution < -0.4 is 4.74 Å². The van der Waals surface area contributed by atoms with E-state index in [2.05, 4.69) is 9.97 Å². The Kier molecular flexibility index (Phi) is 4.55. The van der Waals surface area contributed by atoms with Crippen LogP contribution in [0.5, 0.6) is 5.75 Å². The fourth-order valence-corrected chi connectivity index (χ4v) is 3.57. The zero-order chi connectivity index (χ0) is 18.1. The summed E-state index contributed by atoms with van der Waals surface area (Å²) in [6, 6.07) is 14.9. The van der Waals surface area contributed by atoms with Gasteiger partial charge in [0.25, 0.3) is 5.91 Å². The molecule has 1 N–H and O–H groups in total. The van der Waals surface area contributed by atoms with Gasteiger partial charge >= 0.3 is 0 Å². The number of fused-ring (bicyclic) bond motifs is 1. The summed E-state index contributed by atoms with van der Waals surface area (Å²) in [4.78, 5) is 22.9. The van der Waals surface area contributed by atoms with Crippen molar-refractivity contribution in [1.29, 1.82) is 0 Å². The number of nitrogens with zero attached hydrogens (tertiary/aromatic N) is 2. The van der Waals surface area contributed by atoms with Crippen molar-refractivity contribution in [3.63, 3.8) is 0 Å². The standard InChI is InChI=1S/C20H20ClN3O2/c1-13(26-15-10-8-14(21)9-11-15)20(25)24-12-4-7-18(24)19-22-16-5-2-3-6-17(16)23-19/h2-3,5-6,8-11,13,18H,4,7,12H2,1H3,(H,22,23)/t13-,18+/m1/s1. The largest absolute Gasteiger partial charge is 0.481 e. The molecule has 4 rings (SSSR count). The summed E-state index contributed by atoms with van der Waals surface area (Å²) >= 11 is 5.89. The Balaban J connectivity index is 1.51. The van der Waals surface area contributed by atoms with Gasteiger partial charge in [-0.2, -0.15) is 0 Å². The summed E-state index contributed by atoms with van der Waals surface area (Å²) in [6.07, 6.45) is 1.29. The average Bonchev–Trinajstić information content (AvgIpc) is 3.29. The van der Waals surface area contributed by atoms with Gasteiger partial charge in [-0.1, -0.05) is 23.7 Å². The third-order valence-corrected chi connectivity index (χ3v) is 4.99. The van der Waals surface area contributed by atoms with Crippen LogP contribution in [0, 0.1) is 0 Å². The second-order valence-electron chi connectivity index (χ2n) is 6.54. The quantitative estimate of drug-likeness (QED) is 0.743. The van der Waals surface area contributed by atoms with E-state index in [4.69, 9.17) is 16.3 Å². The molecule has 0 unspecified atom stereocenters. The number of aromatic nitrogens is 2. The number of likely N-dealkylation sites (tertiary alicyclic amines) is 1. The molecule has 0 saturated carbocycles. The van der Waals surface area contributed by atoms with Crippen molar-refractivity contribution in [1.82, 2.24) is 14.9 Å². The monoisotopic (exact) mass is 369 g/mol. The summed E-state index contributed by atoms with van der Waals surface area (Å²) < 4.78 is 5.81. The van der Waals surface area contributed by atoms with Crippen LogP contribution in [0.25, 0.3) is 11.0 Å². The molecule has 2 heterocycles. The number of hydrogen-bond donors (Lipinski definition) is 1. The van der Waals surface area contributed by atoms with Crippen LogP contribution in [0.2, 0.25) is 5.02 Å². The zero-order valence-corrected chi connectivity index (χ0v) is 15.2. The third-order valence-electron chi connectivity index (χ3n) is 4.73. The van der Waals surface area contributed by atoms with Gasteiger partial charge in [0.15, 0.2) is 6.10 Å². The van der Waals surface area contributed by atoms with E-state index < -0.39 is 6.10 Å². The van der Waals surface area contributed by atoms with E-state index >= 15 is 0 Å². The highest BCUT2D eigenvalue weighted by molar-refractivity contribution is 6.30. The van der Waals surface area contributed by atoms with Crippen LogP contribution in [0.15, 0.2) is 48.5 Å². The van der Waals surface area contributed by atoms with Crippen molar-refractivity contribution >= 4 is 28.5 Å². The van der Waals surface area contributed by atoms with Crippen molar-refractivity contribution in [3.05, 3.63) is 59.4 Å². The van der Waals surface area contributed by atoms with E-state index in [-0.39, 0.29) is 11.9 Å². The van der Waals surface area contributed by atoms with E-state index in [9.17, 15) is 4.79 Å². The van der Waals surface area contributed by atoms with Gasteiger partial charge in [-0.15, -0.1) is 0 Å². The smallest absolute Gasteiger partial charge is 0.263 e. The highest BCUT2D eigenvalue weighted by Gasteiger charge is 2.35. The number of benzene rings is 2. The number of rotatable bonds is 4. The highest BCUT2D eigenvalue weighted by Crippen LogP contribution is 2.32. The van der Waals surface area contributed by atoms with Gasteiger partial charge in [0.1, 0.15) is 11.6 Å². The van der Waals surface area contributed by atoms with Crippen molar-refractivity contribution in [2.24, 2.45) is 0 Å². The number of halogens is 1. The molecule has 1 saturated heterocycles. The number of nitrogens with one attached hydrogen (secondary N) is 1. The van der Waals surface area contributed by atoms with Crippen LogP contribution in [-0.2, 0) is 4.79 Å². The van der Waals surface area contributed by atoms with E-state index in [0.717, 1.165) is 36.2 Å². The van der Waals surface area contributed by atoms with E-state index in [0.29, 0.717) is 10.8 Å². The SMILES string of the molecule is C[C@@H](Oc1ccc(Cl)cc1)C(=O)N1CCC[C@H]1c1nc2ccccc2[nH]1. The van der Waals surface area contributed by atoms with Crippen LogP contribution in [0.4, 0.5) is 0 Å². The molecule has 1 aromatic heterocycles. The fourth-order valence-electron chi connectivity index (χ4n) is 3.45. The highest BCUT2D eigenvalue weighted by atomic mass is 35.5. The summed E-state index contributed by atoms with van der Waals surface area (Å²) in [5.41, 5.74) is 1.92. The number of hydrogen-bond acceptors (Lipinski definition) is 3. The first-order chi connectivity index (χ1) is 12.6. The molecule has 1 fully saturated rings. The molecule has 5 nitrogen and oxygen atoms in total. The number of imidazole rings is 1. The molecule has 0 spiro atoms. The van der Waals surface area contributed by atoms with E-state index in [1.54, 1.807) is 31.2 Å². The zero-order valence-electron chi connectivity index (χ0n) is 14.5. The Labute approximate surface area is 156 Å². The van der Waals surface area contributed by atoms with Gasteiger partial charge in [0, 0.05) is 11.6 Å². The first kappa shape index (κ1) is 16.9. The lowest BCUT2D eigenvalue weighted by Crippen LogP contribution is -2.40. The van der Waals surface area contributed by atoms with Gasteiger partial charge in [0.05, 0.1) is 17.1 Å². The molecule has 134 valence electrons. The second kappa shape index (κ2) is 7.00. The number of aromatic amines is 1. The number of ether oxygens (including phenoxy) is 1. The Morgan fingerprint density at radius 3 is 2.81 bits per heavy atom. The van der Waals surface area contributed by atoms with Crippen molar-refractivity contribution in [2.45, 2.75) is 31.9 Å². The number of carbonyl (C=O) groups is 1. The molecular formula is C20H20ClN3O2. The number of amides is 1. The molecule has 3 aromatic rings. The molecule has 6 heteroatoms. The van der Waals surface area contributed by atoms with Gasteiger partial charge in [0.2, 0.25) is 0 Å². The Bertz CT molecular complexity index is 889. The van der Waals surface area contributed by atoms with E-state index in [1.807, 2.05) is 29.2 Å². The number of H-pyrrole nitrogens is 1. The summed E-state index contributed by atoms with van der Waals surface area (Å²) in [5.74, 6) is 1.45. The fraction of sp³-hybridized carbons (Fsp3) is 0.300. The summed E-state index contributed by atoms with van der Waals surface area (Å²) in [6.45, 7) is 2.50. The Hall–Kier alpha value is -2.53. The molecule has 2 aromatic carbocycles. The topological polar surface area (TPSA) is 58.2 Å². The molecule has 1 aliphatic rings. The lowest BCUT2D eigenvalue weighted by molar-refractivity contribution is -0.139. The second-order valence-corrected chi connectivity index (χ2v) is 6.98. The van der Waals surface area contributed by atoms with Gasteiger partial charge in [-0.05, 0) is 56.2 Å². The van der Waals surface area contributed by atoms with Crippen LogP contribution >= 0.6 is 11.6 Å². The minimum Gasteiger partial charge on any atom is -0.481 e. The Morgan fingerprint density at radius 2 is 2.04 bits per heavy atom. The predicted molar refractivity (Wildman–Crippen MR) is 101 cm³/mol. The van der Waals surface area contributed by atoms with Crippen LogP contribution in [-0.4, -0.2) is 33.4 Å². The maximum absolute atomic E-state index is 12.9. The molecule has 0 bridgehead atoms. The lowest BCUT2D eigenvalue weighted by Gasteiger charge is -2.26. The first-order valence-electron chi connectivity index (χ1n) is 8.79. The minimum atomic E-state index is -0.568. The maximum Gasteiger partial charge on any atom is 0.263 e. The summed E-state index contributed by atoms with van der Waals surface area (Å²) in [7, 11) is 0. The minimum absolute atomic E-state index is 0.0251. The normalized spacial score (nSPS) is 18.2. The van der Waals surface area contributed by atoms with Crippen LogP contribution in [0.3, 0.4) is 0 Å².